The van der Waals surface area contributed by atoms with Gasteiger partial charge in [0.15, 0.2) is 0 Å². The van der Waals surface area contributed by atoms with Crippen molar-refractivity contribution >= 4 is 5.69 Å². The zero-order valence-corrected chi connectivity index (χ0v) is 10.1. The van der Waals surface area contributed by atoms with Gasteiger partial charge in [0.25, 0.3) is 5.69 Å². The lowest BCUT2D eigenvalue weighted by Gasteiger charge is -2.02. The molecule has 0 aliphatic heterocycles. The molecule has 94 valence electrons. The van der Waals surface area contributed by atoms with E-state index in [2.05, 4.69) is 10.3 Å². The van der Waals surface area contributed by atoms with E-state index in [1.54, 1.807) is 29.9 Å². The van der Waals surface area contributed by atoms with Gasteiger partial charge in [0, 0.05) is 17.7 Å². The van der Waals surface area contributed by atoms with Gasteiger partial charge in [0.05, 0.1) is 22.5 Å². The molecule has 0 spiro atoms. The third-order valence-corrected chi connectivity index (χ3v) is 2.62. The zero-order chi connectivity index (χ0) is 13.3. The molecule has 0 aliphatic carbocycles. The fraction of sp³-hybridized carbons (Fsp3) is 0.273. The Hall–Kier alpha value is -2.28. The fourth-order valence-electron chi connectivity index (χ4n) is 1.60. The molecule has 0 saturated heterocycles. The third-order valence-electron chi connectivity index (χ3n) is 2.62. The molecular formula is C11H13N5O2. The van der Waals surface area contributed by atoms with Crippen LogP contribution in [0.1, 0.15) is 24.2 Å². The summed E-state index contributed by atoms with van der Waals surface area (Å²) in [6.45, 7) is 3.50. The first-order valence-electron chi connectivity index (χ1n) is 5.42. The van der Waals surface area contributed by atoms with Crippen LogP contribution in [-0.4, -0.2) is 19.9 Å². The number of aromatic nitrogens is 3. The summed E-state index contributed by atoms with van der Waals surface area (Å²) < 4.78 is 1.55. The first-order chi connectivity index (χ1) is 8.49. The van der Waals surface area contributed by atoms with E-state index < -0.39 is 4.92 Å². The van der Waals surface area contributed by atoms with E-state index in [-0.39, 0.29) is 11.7 Å². The molecule has 2 N–H and O–H groups in total. The van der Waals surface area contributed by atoms with Crippen molar-refractivity contribution in [3.8, 4) is 5.69 Å². The van der Waals surface area contributed by atoms with Crippen molar-refractivity contribution in [3.63, 3.8) is 0 Å². The molecule has 0 fully saturated rings. The minimum absolute atomic E-state index is 0.0891. The maximum Gasteiger partial charge on any atom is 0.272 e. The van der Waals surface area contributed by atoms with Gasteiger partial charge in [0.1, 0.15) is 0 Å². The lowest BCUT2D eigenvalue weighted by molar-refractivity contribution is -0.385. The zero-order valence-electron chi connectivity index (χ0n) is 10.1. The standard InChI is InChI=1S/C11H13N5O2/c1-7-5-9(3-4-11(7)16(17)18)15-6-10(8(2)12)13-14-15/h3-6,8H,12H2,1-2H3. The number of hydrogen-bond acceptors (Lipinski definition) is 5. The summed E-state index contributed by atoms with van der Waals surface area (Å²) in [4.78, 5) is 10.3. The SMILES string of the molecule is Cc1cc(-n2cc(C(C)N)nn2)ccc1[N+](=O)[O-]. The van der Waals surface area contributed by atoms with Crippen LogP contribution < -0.4 is 5.73 Å². The van der Waals surface area contributed by atoms with Crippen molar-refractivity contribution in [1.82, 2.24) is 15.0 Å². The normalized spacial score (nSPS) is 12.4. The van der Waals surface area contributed by atoms with Gasteiger partial charge < -0.3 is 5.73 Å². The molecule has 1 aromatic carbocycles. The van der Waals surface area contributed by atoms with Crippen LogP contribution >= 0.6 is 0 Å². The van der Waals surface area contributed by atoms with E-state index in [1.165, 1.54) is 6.07 Å². The van der Waals surface area contributed by atoms with Gasteiger partial charge in [0.2, 0.25) is 0 Å². The second kappa shape index (κ2) is 4.53. The van der Waals surface area contributed by atoms with Crippen LogP contribution in [0.5, 0.6) is 0 Å². The lowest BCUT2D eigenvalue weighted by Crippen LogP contribution is -2.04. The van der Waals surface area contributed by atoms with Gasteiger partial charge in [-0.2, -0.15) is 0 Å². The van der Waals surface area contributed by atoms with E-state index in [9.17, 15) is 10.1 Å². The number of aryl methyl sites for hydroxylation is 1. The third kappa shape index (κ3) is 2.21. The van der Waals surface area contributed by atoms with Crippen LogP contribution in [0.3, 0.4) is 0 Å². The fourth-order valence-corrected chi connectivity index (χ4v) is 1.60. The summed E-state index contributed by atoms with van der Waals surface area (Å²) in [5.74, 6) is 0. The number of nitro groups is 1. The number of hydrogen-bond donors (Lipinski definition) is 1. The molecule has 0 radical (unpaired) electrons. The molecule has 2 aromatic rings. The minimum Gasteiger partial charge on any atom is -0.323 e. The molecule has 0 bridgehead atoms. The molecule has 7 heteroatoms. The number of nitrogens with zero attached hydrogens (tertiary/aromatic N) is 4. The Labute approximate surface area is 103 Å². The van der Waals surface area contributed by atoms with Crippen molar-refractivity contribution in [2.45, 2.75) is 19.9 Å². The number of nitrogens with two attached hydrogens (primary N) is 1. The van der Waals surface area contributed by atoms with Crippen molar-refractivity contribution in [2.24, 2.45) is 5.73 Å². The van der Waals surface area contributed by atoms with Gasteiger partial charge >= 0.3 is 0 Å². The highest BCUT2D eigenvalue weighted by atomic mass is 16.6. The van der Waals surface area contributed by atoms with E-state index >= 15 is 0 Å². The number of nitro benzene ring substituents is 1. The lowest BCUT2D eigenvalue weighted by atomic mass is 10.2. The highest BCUT2D eigenvalue weighted by Crippen LogP contribution is 2.20. The predicted molar refractivity (Wildman–Crippen MR) is 65.4 cm³/mol. The van der Waals surface area contributed by atoms with E-state index in [0.29, 0.717) is 11.3 Å². The Bertz CT molecular complexity index is 591. The van der Waals surface area contributed by atoms with Gasteiger partial charge in [-0.1, -0.05) is 5.21 Å². The minimum atomic E-state index is -0.409. The topological polar surface area (TPSA) is 99.9 Å². The molecule has 1 heterocycles. The monoisotopic (exact) mass is 247 g/mol. The maximum atomic E-state index is 10.7. The van der Waals surface area contributed by atoms with Gasteiger partial charge in [-0.15, -0.1) is 5.10 Å². The largest absolute Gasteiger partial charge is 0.323 e. The van der Waals surface area contributed by atoms with E-state index in [4.69, 9.17) is 5.73 Å². The number of rotatable bonds is 3. The van der Waals surface area contributed by atoms with Crippen LogP contribution in [-0.2, 0) is 0 Å². The van der Waals surface area contributed by atoms with E-state index in [1.807, 2.05) is 6.92 Å². The molecule has 18 heavy (non-hydrogen) atoms. The molecule has 1 atom stereocenters. The van der Waals surface area contributed by atoms with Crippen molar-refractivity contribution in [1.29, 1.82) is 0 Å². The van der Waals surface area contributed by atoms with Gasteiger partial charge in [-0.25, -0.2) is 4.68 Å². The van der Waals surface area contributed by atoms with Crippen molar-refractivity contribution in [2.75, 3.05) is 0 Å². The quantitative estimate of drug-likeness (QED) is 0.654. The second-order valence-corrected chi connectivity index (χ2v) is 4.10. The molecular weight excluding hydrogens is 234 g/mol. The smallest absolute Gasteiger partial charge is 0.272 e. The van der Waals surface area contributed by atoms with Crippen molar-refractivity contribution in [3.05, 3.63) is 45.8 Å². The molecule has 0 aliphatic rings. The molecule has 7 nitrogen and oxygen atoms in total. The predicted octanol–water partition coefficient (Wildman–Crippen LogP) is 1.50. The summed E-state index contributed by atoms with van der Waals surface area (Å²) in [5, 5.41) is 18.6. The highest BCUT2D eigenvalue weighted by Gasteiger charge is 2.12. The van der Waals surface area contributed by atoms with Crippen LogP contribution in [0, 0.1) is 17.0 Å². The summed E-state index contributed by atoms with van der Waals surface area (Å²) in [6.07, 6.45) is 1.71. The number of benzene rings is 1. The Morgan fingerprint density at radius 3 is 2.72 bits per heavy atom. The van der Waals surface area contributed by atoms with Gasteiger partial charge in [-0.05, 0) is 26.0 Å². The maximum absolute atomic E-state index is 10.7. The average molecular weight is 247 g/mol. The van der Waals surface area contributed by atoms with Crippen LogP contribution in [0.15, 0.2) is 24.4 Å². The molecule has 1 unspecified atom stereocenters. The highest BCUT2D eigenvalue weighted by molar-refractivity contribution is 5.47. The summed E-state index contributed by atoms with van der Waals surface area (Å²) >= 11 is 0. The van der Waals surface area contributed by atoms with E-state index in [0.717, 1.165) is 5.69 Å². The summed E-state index contributed by atoms with van der Waals surface area (Å²) in [6, 6.07) is 4.58. The molecule has 0 amide bonds. The van der Waals surface area contributed by atoms with Crippen LogP contribution in [0.25, 0.3) is 5.69 Å². The Morgan fingerprint density at radius 1 is 1.50 bits per heavy atom. The molecule has 0 saturated carbocycles. The summed E-state index contributed by atoms with van der Waals surface area (Å²) in [7, 11) is 0. The Balaban J connectivity index is 2.39. The Kier molecular flexibility index (Phi) is 3.07. The van der Waals surface area contributed by atoms with Crippen LogP contribution in [0.4, 0.5) is 5.69 Å². The second-order valence-electron chi connectivity index (χ2n) is 4.10. The first kappa shape index (κ1) is 12.2. The first-order valence-corrected chi connectivity index (χ1v) is 5.42. The summed E-state index contributed by atoms with van der Waals surface area (Å²) in [5.41, 5.74) is 7.75. The molecule has 2 rings (SSSR count). The molecule has 1 aromatic heterocycles. The average Bonchev–Trinajstić information content (AvgIpc) is 2.77. The van der Waals surface area contributed by atoms with Gasteiger partial charge in [-0.3, -0.25) is 10.1 Å². The van der Waals surface area contributed by atoms with Crippen LogP contribution in [0.2, 0.25) is 0 Å². The Morgan fingerprint density at radius 2 is 2.22 bits per heavy atom. The van der Waals surface area contributed by atoms with Crippen molar-refractivity contribution < 1.29 is 4.92 Å².